The number of carbonyl (C=O) groups is 1. The second-order valence-corrected chi connectivity index (χ2v) is 2.78. The highest BCUT2D eigenvalue weighted by molar-refractivity contribution is 5.92. The molecule has 1 rings (SSSR count). The molecule has 0 bridgehead atoms. The molecule has 0 aliphatic heterocycles. The molecule has 1 aromatic carbocycles. The lowest BCUT2D eigenvalue weighted by Crippen LogP contribution is -2.15. The Morgan fingerprint density at radius 2 is 1.92 bits per heavy atom. The van der Waals surface area contributed by atoms with Crippen LogP contribution in [0.4, 0.5) is 0 Å². The molecule has 0 radical (unpaired) electrons. The average Bonchev–Trinajstić information content (AvgIpc) is 2.17. The first kappa shape index (κ1) is 9.70. The number of rotatable bonds is 3. The van der Waals surface area contributed by atoms with Crippen LogP contribution < -0.4 is 11.5 Å². The Hall–Kier alpha value is -1.39. The molecule has 0 aliphatic rings. The van der Waals surface area contributed by atoms with Crippen LogP contribution in [0.1, 0.15) is 22.0 Å². The minimum Gasteiger partial charge on any atom is -0.394 e. The van der Waals surface area contributed by atoms with Gasteiger partial charge >= 0.3 is 0 Å². The molecular weight excluding hydrogens is 168 g/mol. The van der Waals surface area contributed by atoms with Gasteiger partial charge in [-0.05, 0) is 17.7 Å². The molecule has 0 aromatic heterocycles. The van der Waals surface area contributed by atoms with E-state index >= 15 is 0 Å². The molecule has 5 N–H and O–H groups in total. The number of aliphatic hydroxyl groups is 1. The second kappa shape index (κ2) is 4.02. The number of amides is 1. The molecule has 1 amide bonds. The van der Waals surface area contributed by atoms with Gasteiger partial charge in [0.1, 0.15) is 0 Å². The van der Waals surface area contributed by atoms with Crippen molar-refractivity contribution in [2.75, 3.05) is 6.61 Å². The van der Waals surface area contributed by atoms with Crippen LogP contribution >= 0.6 is 0 Å². The van der Waals surface area contributed by atoms with E-state index in [0.29, 0.717) is 5.56 Å². The third-order valence-corrected chi connectivity index (χ3v) is 1.82. The van der Waals surface area contributed by atoms with Gasteiger partial charge in [0, 0.05) is 5.56 Å². The molecule has 1 atom stereocenters. The maximum atomic E-state index is 10.7. The molecule has 0 heterocycles. The molecule has 4 nitrogen and oxygen atoms in total. The lowest BCUT2D eigenvalue weighted by atomic mass is 10.1. The molecule has 4 heteroatoms. The first-order valence-electron chi connectivity index (χ1n) is 3.91. The highest BCUT2D eigenvalue weighted by atomic mass is 16.3. The molecule has 13 heavy (non-hydrogen) atoms. The fourth-order valence-electron chi connectivity index (χ4n) is 1.000. The first-order chi connectivity index (χ1) is 6.15. The van der Waals surface area contributed by atoms with Crippen LogP contribution in [0, 0.1) is 0 Å². The van der Waals surface area contributed by atoms with Gasteiger partial charge in [0.2, 0.25) is 5.91 Å². The van der Waals surface area contributed by atoms with Crippen molar-refractivity contribution in [3.8, 4) is 0 Å². The summed E-state index contributed by atoms with van der Waals surface area (Å²) in [7, 11) is 0. The van der Waals surface area contributed by atoms with Crippen molar-refractivity contribution in [2.45, 2.75) is 6.04 Å². The summed E-state index contributed by atoms with van der Waals surface area (Å²) in [5.74, 6) is -0.468. The molecule has 0 aliphatic carbocycles. The zero-order valence-electron chi connectivity index (χ0n) is 7.10. The van der Waals surface area contributed by atoms with E-state index in [0.717, 1.165) is 5.56 Å². The van der Waals surface area contributed by atoms with Crippen LogP contribution in [-0.4, -0.2) is 17.6 Å². The maximum absolute atomic E-state index is 10.7. The SMILES string of the molecule is NC(=O)c1ccc([C@H](N)CO)cc1. The van der Waals surface area contributed by atoms with E-state index in [1.54, 1.807) is 24.3 Å². The summed E-state index contributed by atoms with van der Waals surface area (Å²) in [6.45, 7) is -0.115. The molecule has 1 aromatic rings. The fraction of sp³-hybridized carbons (Fsp3) is 0.222. The summed E-state index contributed by atoms with van der Waals surface area (Å²) < 4.78 is 0. The Labute approximate surface area is 76.2 Å². The van der Waals surface area contributed by atoms with Gasteiger partial charge in [-0.3, -0.25) is 4.79 Å². The number of carbonyl (C=O) groups excluding carboxylic acids is 1. The van der Waals surface area contributed by atoms with E-state index in [2.05, 4.69) is 0 Å². The zero-order chi connectivity index (χ0) is 9.84. The van der Waals surface area contributed by atoms with Crippen molar-refractivity contribution in [1.29, 1.82) is 0 Å². The minimum atomic E-state index is -0.468. The van der Waals surface area contributed by atoms with E-state index in [1.807, 2.05) is 0 Å². The molecule has 0 unspecified atom stereocenters. The average molecular weight is 180 g/mol. The van der Waals surface area contributed by atoms with Crippen molar-refractivity contribution in [3.05, 3.63) is 35.4 Å². The number of aliphatic hydroxyl groups excluding tert-OH is 1. The van der Waals surface area contributed by atoms with Gasteiger partial charge in [0.25, 0.3) is 0 Å². The van der Waals surface area contributed by atoms with Gasteiger partial charge in [-0.25, -0.2) is 0 Å². The van der Waals surface area contributed by atoms with E-state index in [4.69, 9.17) is 16.6 Å². The van der Waals surface area contributed by atoms with Crippen molar-refractivity contribution in [1.82, 2.24) is 0 Å². The molecule has 0 spiro atoms. The van der Waals surface area contributed by atoms with Gasteiger partial charge in [-0.15, -0.1) is 0 Å². The Balaban J connectivity index is 2.87. The van der Waals surface area contributed by atoms with Crippen LogP contribution in [-0.2, 0) is 0 Å². The molecule has 0 fully saturated rings. The summed E-state index contributed by atoms with van der Waals surface area (Å²) >= 11 is 0. The van der Waals surface area contributed by atoms with Crippen LogP contribution in [0.5, 0.6) is 0 Å². The summed E-state index contributed by atoms with van der Waals surface area (Å²) in [5, 5.41) is 8.75. The van der Waals surface area contributed by atoms with Crippen molar-refractivity contribution in [3.63, 3.8) is 0 Å². The zero-order valence-corrected chi connectivity index (χ0v) is 7.10. The number of hydrogen-bond donors (Lipinski definition) is 3. The van der Waals surface area contributed by atoms with Gasteiger partial charge in [0.15, 0.2) is 0 Å². The molecular formula is C9H12N2O2. The van der Waals surface area contributed by atoms with Crippen LogP contribution in [0.2, 0.25) is 0 Å². The highest BCUT2D eigenvalue weighted by Crippen LogP contribution is 2.10. The number of nitrogens with two attached hydrogens (primary N) is 2. The molecule has 70 valence electrons. The van der Waals surface area contributed by atoms with E-state index in [1.165, 1.54) is 0 Å². The van der Waals surface area contributed by atoms with Crippen LogP contribution in [0.15, 0.2) is 24.3 Å². The summed E-state index contributed by atoms with van der Waals surface area (Å²) in [4.78, 5) is 10.7. The summed E-state index contributed by atoms with van der Waals surface area (Å²) in [6, 6.07) is 6.14. The third-order valence-electron chi connectivity index (χ3n) is 1.82. The van der Waals surface area contributed by atoms with Gasteiger partial charge < -0.3 is 16.6 Å². The Kier molecular flexibility index (Phi) is 3.00. The number of benzene rings is 1. The Morgan fingerprint density at radius 1 is 1.38 bits per heavy atom. The second-order valence-electron chi connectivity index (χ2n) is 2.78. The number of primary amides is 1. The lowest BCUT2D eigenvalue weighted by molar-refractivity contribution is 0.100. The Morgan fingerprint density at radius 3 is 2.31 bits per heavy atom. The van der Waals surface area contributed by atoms with Crippen LogP contribution in [0.3, 0.4) is 0 Å². The largest absolute Gasteiger partial charge is 0.394 e. The van der Waals surface area contributed by atoms with Crippen molar-refractivity contribution < 1.29 is 9.90 Å². The van der Waals surface area contributed by atoms with E-state index in [9.17, 15) is 4.79 Å². The van der Waals surface area contributed by atoms with E-state index < -0.39 is 11.9 Å². The molecule has 0 saturated heterocycles. The first-order valence-corrected chi connectivity index (χ1v) is 3.91. The predicted molar refractivity (Wildman–Crippen MR) is 49.0 cm³/mol. The summed E-state index contributed by atoms with van der Waals surface area (Å²) in [5.41, 5.74) is 11.8. The lowest BCUT2D eigenvalue weighted by Gasteiger charge is -2.07. The van der Waals surface area contributed by atoms with Gasteiger partial charge in [0.05, 0.1) is 12.6 Å². The maximum Gasteiger partial charge on any atom is 0.248 e. The van der Waals surface area contributed by atoms with Crippen LogP contribution in [0.25, 0.3) is 0 Å². The standard InChI is InChI=1S/C9H12N2O2/c10-8(5-12)6-1-3-7(4-2-6)9(11)13/h1-4,8,12H,5,10H2,(H2,11,13)/t8-/m1/s1. The Bertz CT molecular complexity index is 295. The monoisotopic (exact) mass is 180 g/mol. The normalized spacial score (nSPS) is 12.5. The topological polar surface area (TPSA) is 89.3 Å². The number of hydrogen-bond acceptors (Lipinski definition) is 3. The summed E-state index contributed by atoms with van der Waals surface area (Å²) in [6.07, 6.45) is 0. The quantitative estimate of drug-likeness (QED) is 0.600. The third kappa shape index (κ3) is 2.27. The van der Waals surface area contributed by atoms with E-state index in [-0.39, 0.29) is 6.61 Å². The van der Waals surface area contributed by atoms with Gasteiger partial charge in [-0.1, -0.05) is 12.1 Å². The van der Waals surface area contributed by atoms with Crippen molar-refractivity contribution >= 4 is 5.91 Å². The fourth-order valence-corrected chi connectivity index (χ4v) is 1.000. The van der Waals surface area contributed by atoms with Crippen molar-refractivity contribution in [2.24, 2.45) is 11.5 Å². The smallest absolute Gasteiger partial charge is 0.248 e. The minimum absolute atomic E-state index is 0.115. The predicted octanol–water partition coefficient (Wildman–Crippen LogP) is -0.222. The van der Waals surface area contributed by atoms with Gasteiger partial charge in [-0.2, -0.15) is 0 Å². The molecule has 0 saturated carbocycles. The highest BCUT2D eigenvalue weighted by Gasteiger charge is 2.04.